The molecule has 0 aliphatic heterocycles. The molecule has 0 amide bonds. The number of ketones is 1. The Bertz CT molecular complexity index is 402. The van der Waals surface area contributed by atoms with Crippen molar-refractivity contribution in [1.82, 2.24) is 0 Å². The lowest BCUT2D eigenvalue weighted by molar-refractivity contribution is -0.137. The van der Waals surface area contributed by atoms with Crippen LogP contribution in [0, 0.1) is 11.8 Å². The van der Waals surface area contributed by atoms with E-state index in [1.807, 2.05) is 12.2 Å². The molecule has 3 atom stereocenters. The number of hydrogen-bond donors (Lipinski definition) is 2. The molecular formula is C20H34O4. The number of allylic oxidation sites excluding steroid dienone is 2. The van der Waals surface area contributed by atoms with Crippen LogP contribution >= 0.6 is 0 Å². The second-order valence-electron chi connectivity index (χ2n) is 7.09. The number of unbranched alkanes of at least 4 members (excludes halogenated alkanes) is 3. The van der Waals surface area contributed by atoms with Crippen LogP contribution in [0.2, 0.25) is 0 Å². The maximum absolute atomic E-state index is 12.1. The minimum Gasteiger partial charge on any atom is -0.481 e. The summed E-state index contributed by atoms with van der Waals surface area (Å²) in [5.74, 6) is 0.105. The Balaban J connectivity index is 2.27. The summed E-state index contributed by atoms with van der Waals surface area (Å²) in [6.07, 6.45) is 13.9. The number of rotatable bonds is 13. The van der Waals surface area contributed by atoms with Gasteiger partial charge in [0.2, 0.25) is 0 Å². The maximum atomic E-state index is 12.1. The van der Waals surface area contributed by atoms with E-state index >= 15 is 0 Å². The number of Topliss-reactive ketones (excluding diaryl/α,β-unsaturated/α-hetero) is 1. The van der Waals surface area contributed by atoms with Gasteiger partial charge in [0.15, 0.2) is 0 Å². The average molecular weight is 338 g/mol. The minimum atomic E-state index is -0.757. The largest absolute Gasteiger partial charge is 0.481 e. The van der Waals surface area contributed by atoms with Gasteiger partial charge in [-0.1, -0.05) is 38.3 Å². The van der Waals surface area contributed by atoms with E-state index in [4.69, 9.17) is 5.11 Å². The monoisotopic (exact) mass is 338 g/mol. The fourth-order valence-electron chi connectivity index (χ4n) is 3.56. The summed E-state index contributed by atoms with van der Waals surface area (Å²) in [6, 6.07) is 0. The molecule has 4 heteroatoms. The quantitative estimate of drug-likeness (QED) is 0.383. The van der Waals surface area contributed by atoms with Crippen LogP contribution in [0.1, 0.15) is 84.0 Å². The smallest absolute Gasteiger partial charge is 0.303 e. The van der Waals surface area contributed by atoms with Crippen molar-refractivity contribution >= 4 is 11.8 Å². The molecule has 138 valence electrons. The third-order valence-electron chi connectivity index (χ3n) is 5.07. The number of hydrogen-bond acceptors (Lipinski definition) is 3. The topological polar surface area (TPSA) is 74.6 Å². The normalized spacial score (nSPS) is 22.3. The molecule has 4 nitrogen and oxygen atoms in total. The van der Waals surface area contributed by atoms with Crippen LogP contribution in [0.25, 0.3) is 0 Å². The van der Waals surface area contributed by atoms with Crippen LogP contribution in [0.5, 0.6) is 0 Å². The zero-order valence-electron chi connectivity index (χ0n) is 15.1. The highest BCUT2D eigenvalue weighted by Crippen LogP contribution is 2.35. The highest BCUT2D eigenvalue weighted by molar-refractivity contribution is 5.83. The highest BCUT2D eigenvalue weighted by Gasteiger charge is 2.33. The summed E-state index contributed by atoms with van der Waals surface area (Å²) in [7, 11) is 0. The fourth-order valence-corrected chi connectivity index (χ4v) is 3.56. The molecule has 1 rings (SSSR count). The second-order valence-corrected chi connectivity index (χ2v) is 7.09. The number of carbonyl (C=O) groups is 2. The molecule has 0 heterocycles. The van der Waals surface area contributed by atoms with Gasteiger partial charge in [-0.05, 0) is 50.9 Å². The van der Waals surface area contributed by atoms with Gasteiger partial charge in [-0.2, -0.15) is 0 Å². The van der Waals surface area contributed by atoms with E-state index in [9.17, 15) is 14.7 Å². The number of carbonyl (C=O) groups excluding carboxylic acids is 1. The van der Waals surface area contributed by atoms with Crippen LogP contribution in [0.4, 0.5) is 0 Å². The molecule has 0 aromatic rings. The number of aliphatic hydroxyl groups is 1. The summed E-state index contributed by atoms with van der Waals surface area (Å²) in [4.78, 5) is 22.5. The Morgan fingerprint density at radius 3 is 2.75 bits per heavy atom. The number of aliphatic carboxylic acids is 1. The third-order valence-corrected chi connectivity index (χ3v) is 5.07. The molecule has 24 heavy (non-hydrogen) atoms. The molecule has 3 unspecified atom stereocenters. The van der Waals surface area contributed by atoms with Crippen LogP contribution in [-0.4, -0.2) is 28.1 Å². The van der Waals surface area contributed by atoms with Crippen LogP contribution in [-0.2, 0) is 9.59 Å². The molecule has 0 bridgehead atoms. The molecular weight excluding hydrogens is 304 g/mol. The summed E-state index contributed by atoms with van der Waals surface area (Å²) in [5.41, 5.74) is 0. The Morgan fingerprint density at radius 1 is 1.25 bits per heavy atom. The van der Waals surface area contributed by atoms with E-state index in [0.717, 1.165) is 44.9 Å². The van der Waals surface area contributed by atoms with Crippen LogP contribution in [0.3, 0.4) is 0 Å². The first-order chi connectivity index (χ1) is 11.5. The molecule has 0 aromatic carbocycles. The Labute approximate surface area is 146 Å². The second kappa shape index (κ2) is 12.2. The Hall–Kier alpha value is -1.16. The van der Waals surface area contributed by atoms with Gasteiger partial charge in [-0.15, -0.1) is 0 Å². The number of carboxylic acids is 1. The van der Waals surface area contributed by atoms with Crippen molar-refractivity contribution < 1.29 is 19.8 Å². The van der Waals surface area contributed by atoms with Crippen molar-refractivity contribution in [3.63, 3.8) is 0 Å². The van der Waals surface area contributed by atoms with Gasteiger partial charge in [-0.3, -0.25) is 9.59 Å². The molecule has 1 fully saturated rings. The Morgan fingerprint density at radius 2 is 2.04 bits per heavy atom. The third kappa shape index (κ3) is 8.62. The van der Waals surface area contributed by atoms with Crippen molar-refractivity contribution in [2.75, 3.05) is 0 Å². The lowest BCUT2D eigenvalue weighted by Gasteiger charge is -2.19. The van der Waals surface area contributed by atoms with Crippen molar-refractivity contribution in [2.24, 2.45) is 11.8 Å². The highest BCUT2D eigenvalue weighted by atomic mass is 16.4. The van der Waals surface area contributed by atoms with Gasteiger partial charge >= 0.3 is 5.97 Å². The van der Waals surface area contributed by atoms with E-state index in [1.54, 1.807) is 0 Å². The van der Waals surface area contributed by atoms with Gasteiger partial charge < -0.3 is 10.2 Å². The summed E-state index contributed by atoms with van der Waals surface area (Å²) in [6.45, 7) is 2.16. The molecule has 0 spiro atoms. The summed E-state index contributed by atoms with van der Waals surface area (Å²) >= 11 is 0. The lowest BCUT2D eigenvalue weighted by atomic mass is 9.87. The Kier molecular flexibility index (Phi) is 10.6. The average Bonchev–Trinajstić information content (AvgIpc) is 2.89. The SMILES string of the molecule is CCCCCC(O)CCC1CCC(=O)C1CC=CCCCC(=O)O. The van der Waals surface area contributed by atoms with E-state index in [-0.39, 0.29) is 18.4 Å². The van der Waals surface area contributed by atoms with Gasteiger partial charge in [-0.25, -0.2) is 0 Å². The molecule has 1 aliphatic carbocycles. The van der Waals surface area contributed by atoms with Gasteiger partial charge in [0.05, 0.1) is 6.10 Å². The van der Waals surface area contributed by atoms with Crippen molar-refractivity contribution in [3.8, 4) is 0 Å². The van der Waals surface area contributed by atoms with Gasteiger partial charge in [0.1, 0.15) is 5.78 Å². The van der Waals surface area contributed by atoms with Crippen molar-refractivity contribution in [2.45, 2.75) is 90.1 Å². The lowest BCUT2D eigenvalue weighted by Crippen LogP contribution is -2.16. The first-order valence-corrected chi connectivity index (χ1v) is 9.62. The van der Waals surface area contributed by atoms with Gasteiger partial charge in [0, 0.05) is 18.8 Å². The molecule has 0 saturated heterocycles. The fraction of sp³-hybridized carbons (Fsp3) is 0.800. The predicted octanol–water partition coefficient (Wildman–Crippen LogP) is 4.50. The standard InChI is InChI=1S/C20H34O4/c1-2-3-6-9-17(21)14-12-16-13-15-19(22)18(16)10-7-4-5-8-11-20(23)24/h4,7,16-18,21H,2-3,5-6,8-15H2,1H3,(H,23,24). The molecule has 2 N–H and O–H groups in total. The van der Waals surface area contributed by atoms with Crippen molar-refractivity contribution in [1.29, 1.82) is 0 Å². The molecule has 0 radical (unpaired) electrons. The van der Waals surface area contributed by atoms with Crippen molar-refractivity contribution in [3.05, 3.63) is 12.2 Å². The van der Waals surface area contributed by atoms with E-state index < -0.39 is 5.97 Å². The van der Waals surface area contributed by atoms with Crippen LogP contribution in [0.15, 0.2) is 12.2 Å². The minimum absolute atomic E-state index is 0.101. The summed E-state index contributed by atoms with van der Waals surface area (Å²) < 4.78 is 0. The van der Waals surface area contributed by atoms with E-state index in [0.29, 0.717) is 24.5 Å². The number of carboxylic acid groups (broad SMARTS) is 1. The van der Waals surface area contributed by atoms with E-state index in [2.05, 4.69) is 6.92 Å². The number of aliphatic hydroxyl groups excluding tert-OH is 1. The first kappa shape index (κ1) is 20.9. The zero-order chi connectivity index (χ0) is 17.8. The van der Waals surface area contributed by atoms with Crippen LogP contribution < -0.4 is 0 Å². The first-order valence-electron chi connectivity index (χ1n) is 9.62. The van der Waals surface area contributed by atoms with E-state index in [1.165, 1.54) is 12.8 Å². The summed E-state index contributed by atoms with van der Waals surface area (Å²) in [5, 5.41) is 18.7. The molecule has 1 aliphatic rings. The van der Waals surface area contributed by atoms with Gasteiger partial charge in [0.25, 0.3) is 0 Å². The predicted molar refractivity (Wildman–Crippen MR) is 95.8 cm³/mol. The zero-order valence-corrected chi connectivity index (χ0v) is 15.1. The molecule has 0 aromatic heterocycles. The molecule has 1 saturated carbocycles. The maximum Gasteiger partial charge on any atom is 0.303 e.